The number of benzene rings is 1. The van der Waals surface area contributed by atoms with Crippen LogP contribution in [0.2, 0.25) is 0 Å². The van der Waals surface area contributed by atoms with Gasteiger partial charge in [0, 0.05) is 19.2 Å². The zero-order valence-corrected chi connectivity index (χ0v) is 12.2. The van der Waals surface area contributed by atoms with E-state index in [0.29, 0.717) is 22.2 Å². The predicted octanol–water partition coefficient (Wildman–Crippen LogP) is 0.923. The summed E-state index contributed by atoms with van der Waals surface area (Å²) in [4.78, 5) is 2.21. The first-order chi connectivity index (χ1) is 8.95. The summed E-state index contributed by atoms with van der Waals surface area (Å²) in [5.74, 6) is 0.951. The van der Waals surface area contributed by atoms with Gasteiger partial charge in [0.25, 0.3) is 10.0 Å². The van der Waals surface area contributed by atoms with Gasteiger partial charge in [0.05, 0.1) is 0 Å². The van der Waals surface area contributed by atoms with E-state index in [9.17, 15) is 8.42 Å². The molecule has 0 amide bonds. The van der Waals surface area contributed by atoms with E-state index in [2.05, 4.69) is 16.6 Å². The van der Waals surface area contributed by atoms with Gasteiger partial charge in [0.1, 0.15) is 4.90 Å². The molecule has 0 radical (unpaired) electrons. The predicted molar refractivity (Wildman–Crippen MR) is 75.9 cm³/mol. The van der Waals surface area contributed by atoms with Gasteiger partial charge in [0.15, 0.2) is 5.84 Å². The van der Waals surface area contributed by atoms with Gasteiger partial charge in [-0.05, 0) is 31.6 Å². The number of hydrogen-bond donors (Lipinski definition) is 1. The number of nitrogens with zero attached hydrogens (tertiary/aromatic N) is 2. The Kier molecular flexibility index (Phi) is 3.91. The molecule has 5 nitrogen and oxygen atoms in total. The van der Waals surface area contributed by atoms with Gasteiger partial charge in [-0.15, -0.1) is 4.40 Å². The molecule has 1 aliphatic heterocycles. The lowest BCUT2D eigenvalue weighted by Gasteiger charge is -2.23. The number of nitrogens with one attached hydrogen (secondary N) is 1. The summed E-state index contributed by atoms with van der Waals surface area (Å²) in [5.41, 5.74) is 0.696. The lowest BCUT2D eigenvalue weighted by atomic mass is 10.1. The van der Waals surface area contributed by atoms with Crippen molar-refractivity contribution in [3.63, 3.8) is 0 Å². The summed E-state index contributed by atoms with van der Waals surface area (Å²) >= 11 is 0. The molecule has 1 N–H and O–H groups in total. The van der Waals surface area contributed by atoms with Crippen molar-refractivity contribution < 1.29 is 8.42 Å². The summed E-state index contributed by atoms with van der Waals surface area (Å²) in [6.45, 7) is 3.75. The Morgan fingerprint density at radius 3 is 2.74 bits per heavy atom. The number of fused-ring (bicyclic) bond motifs is 1. The smallest absolute Gasteiger partial charge is 0.285 e. The molecule has 0 aliphatic carbocycles. The third kappa shape index (κ3) is 2.79. The number of hydrogen-bond acceptors (Lipinski definition) is 4. The van der Waals surface area contributed by atoms with E-state index in [1.165, 1.54) is 0 Å². The van der Waals surface area contributed by atoms with Crippen molar-refractivity contribution in [2.45, 2.75) is 11.8 Å². The molecule has 2 rings (SSSR count). The Balaban J connectivity index is 2.27. The van der Waals surface area contributed by atoms with Crippen LogP contribution in [0, 0.1) is 5.92 Å². The van der Waals surface area contributed by atoms with Crippen LogP contribution in [-0.2, 0) is 10.0 Å². The van der Waals surface area contributed by atoms with E-state index in [4.69, 9.17) is 0 Å². The molecule has 1 unspecified atom stereocenters. The fourth-order valence-electron chi connectivity index (χ4n) is 2.33. The molecule has 19 heavy (non-hydrogen) atoms. The standard InChI is InChI=1S/C13H19N3O2S/c1-10(8-14-2)9-16(3)13-11-6-4-5-7-12(11)19(17,18)15-13/h4-7,10,14H,8-9H2,1-3H3. The Labute approximate surface area is 114 Å². The lowest BCUT2D eigenvalue weighted by molar-refractivity contribution is 0.396. The van der Waals surface area contributed by atoms with Crippen molar-refractivity contribution in [1.82, 2.24) is 10.2 Å². The zero-order valence-electron chi connectivity index (χ0n) is 11.4. The fourth-order valence-corrected chi connectivity index (χ4v) is 3.58. The van der Waals surface area contributed by atoms with E-state index >= 15 is 0 Å². The Morgan fingerprint density at radius 1 is 1.37 bits per heavy atom. The van der Waals surface area contributed by atoms with Gasteiger partial charge in [0.2, 0.25) is 0 Å². The molecule has 1 aromatic carbocycles. The minimum Gasteiger partial charge on any atom is -0.358 e. The molecule has 0 saturated heterocycles. The van der Waals surface area contributed by atoms with Crippen LogP contribution in [0.15, 0.2) is 33.6 Å². The van der Waals surface area contributed by atoms with Gasteiger partial charge >= 0.3 is 0 Å². The summed E-state index contributed by atoms with van der Waals surface area (Å²) in [6.07, 6.45) is 0. The third-order valence-electron chi connectivity index (χ3n) is 3.11. The number of sulfonamides is 1. The normalized spacial score (nSPS) is 17.7. The summed E-state index contributed by atoms with van der Waals surface area (Å²) in [5, 5.41) is 3.11. The van der Waals surface area contributed by atoms with Crippen LogP contribution < -0.4 is 5.32 Å². The highest BCUT2D eigenvalue weighted by atomic mass is 32.2. The topological polar surface area (TPSA) is 61.8 Å². The average Bonchev–Trinajstić information content (AvgIpc) is 2.63. The molecule has 1 heterocycles. The van der Waals surface area contributed by atoms with Gasteiger partial charge in [-0.3, -0.25) is 0 Å². The van der Waals surface area contributed by atoms with E-state index < -0.39 is 10.0 Å². The molecule has 6 heteroatoms. The quantitative estimate of drug-likeness (QED) is 0.891. The molecular formula is C13H19N3O2S. The Bertz CT molecular complexity index is 596. The Morgan fingerprint density at radius 2 is 2.05 bits per heavy atom. The molecule has 1 aromatic rings. The average molecular weight is 281 g/mol. The SMILES string of the molecule is CNCC(C)CN(C)C1=NS(=O)(=O)c2ccccc21. The molecule has 0 bridgehead atoms. The second-order valence-electron chi connectivity index (χ2n) is 4.93. The summed E-state index contributed by atoms with van der Waals surface area (Å²) < 4.78 is 27.8. The molecule has 1 aliphatic rings. The summed E-state index contributed by atoms with van der Waals surface area (Å²) in [7, 11) is 0.266. The zero-order chi connectivity index (χ0) is 14.0. The fraction of sp³-hybridized carbons (Fsp3) is 0.462. The van der Waals surface area contributed by atoms with Crippen LogP contribution in [0.3, 0.4) is 0 Å². The van der Waals surface area contributed by atoms with Crippen LogP contribution >= 0.6 is 0 Å². The molecule has 1 atom stereocenters. The first-order valence-corrected chi connectivity index (χ1v) is 7.70. The van der Waals surface area contributed by atoms with E-state index in [-0.39, 0.29) is 0 Å². The largest absolute Gasteiger partial charge is 0.358 e. The highest BCUT2D eigenvalue weighted by Crippen LogP contribution is 2.27. The van der Waals surface area contributed by atoms with Gasteiger partial charge < -0.3 is 10.2 Å². The van der Waals surface area contributed by atoms with Crippen molar-refractivity contribution in [2.75, 3.05) is 27.2 Å². The van der Waals surface area contributed by atoms with Crippen molar-refractivity contribution in [2.24, 2.45) is 10.3 Å². The third-order valence-corrected chi connectivity index (χ3v) is 4.44. The molecule has 0 aromatic heterocycles. The maximum atomic E-state index is 12.0. The van der Waals surface area contributed by atoms with Crippen LogP contribution in [0.1, 0.15) is 12.5 Å². The van der Waals surface area contributed by atoms with Gasteiger partial charge in [-0.25, -0.2) is 0 Å². The first-order valence-electron chi connectivity index (χ1n) is 6.26. The maximum absolute atomic E-state index is 12.0. The minimum atomic E-state index is -3.52. The van der Waals surface area contributed by atoms with E-state index in [1.807, 2.05) is 25.1 Å². The van der Waals surface area contributed by atoms with Crippen LogP contribution in [0.5, 0.6) is 0 Å². The molecule has 0 fully saturated rings. The van der Waals surface area contributed by atoms with Crippen molar-refractivity contribution in [3.05, 3.63) is 29.8 Å². The van der Waals surface area contributed by atoms with E-state index in [1.54, 1.807) is 18.2 Å². The second-order valence-corrected chi connectivity index (χ2v) is 6.50. The number of rotatable bonds is 4. The van der Waals surface area contributed by atoms with Gasteiger partial charge in [-0.2, -0.15) is 8.42 Å². The van der Waals surface area contributed by atoms with Crippen LogP contribution in [0.4, 0.5) is 0 Å². The molecule has 0 spiro atoms. The molecule has 0 saturated carbocycles. The Hall–Kier alpha value is -1.40. The minimum absolute atomic E-state index is 0.304. The lowest BCUT2D eigenvalue weighted by Crippen LogP contribution is -2.34. The number of amidine groups is 1. The van der Waals surface area contributed by atoms with E-state index in [0.717, 1.165) is 13.1 Å². The molecule has 104 valence electrons. The summed E-state index contributed by atoms with van der Waals surface area (Å²) in [6, 6.07) is 6.96. The van der Waals surface area contributed by atoms with Gasteiger partial charge in [-0.1, -0.05) is 19.1 Å². The van der Waals surface area contributed by atoms with Crippen molar-refractivity contribution >= 4 is 15.9 Å². The van der Waals surface area contributed by atoms with Crippen LogP contribution in [-0.4, -0.2) is 46.3 Å². The maximum Gasteiger partial charge on any atom is 0.285 e. The monoisotopic (exact) mass is 281 g/mol. The second kappa shape index (κ2) is 5.30. The molecular weight excluding hydrogens is 262 g/mol. The van der Waals surface area contributed by atoms with Crippen molar-refractivity contribution in [1.29, 1.82) is 0 Å². The highest BCUT2D eigenvalue weighted by Gasteiger charge is 2.30. The highest BCUT2D eigenvalue weighted by molar-refractivity contribution is 7.90. The first kappa shape index (κ1) is 14.0. The van der Waals surface area contributed by atoms with Crippen molar-refractivity contribution in [3.8, 4) is 0 Å². The van der Waals surface area contributed by atoms with Crippen LogP contribution in [0.25, 0.3) is 0 Å².